The van der Waals surface area contributed by atoms with E-state index in [0.717, 1.165) is 0 Å². The number of hydrogen-bond acceptors (Lipinski definition) is 4. The van der Waals surface area contributed by atoms with E-state index in [1.807, 2.05) is 20.8 Å². The average Bonchev–Trinajstić information content (AvgIpc) is 2.84. The largest absolute Gasteiger partial charge is 0.454 e. The Balaban J connectivity index is 1.91. The molecule has 0 saturated carbocycles. The first kappa shape index (κ1) is 16.1. The molecule has 6 nitrogen and oxygen atoms in total. The molecule has 120 valence electrons. The molecule has 0 aliphatic carbocycles. The van der Waals surface area contributed by atoms with Crippen molar-refractivity contribution in [1.82, 2.24) is 4.90 Å². The summed E-state index contributed by atoms with van der Waals surface area (Å²) >= 11 is 0. The van der Waals surface area contributed by atoms with Gasteiger partial charge in [0.1, 0.15) is 0 Å². The van der Waals surface area contributed by atoms with Crippen molar-refractivity contribution in [3.8, 4) is 11.5 Å². The molecular formula is C16H22N2O4. The van der Waals surface area contributed by atoms with E-state index in [9.17, 15) is 9.59 Å². The Morgan fingerprint density at radius 3 is 2.55 bits per heavy atom. The minimum absolute atomic E-state index is 0.0385. The Morgan fingerprint density at radius 2 is 1.91 bits per heavy atom. The lowest BCUT2D eigenvalue weighted by molar-refractivity contribution is -0.134. The van der Waals surface area contributed by atoms with Gasteiger partial charge in [-0.3, -0.25) is 9.59 Å². The average molecular weight is 306 g/mol. The van der Waals surface area contributed by atoms with Crippen LogP contribution >= 0.6 is 0 Å². The number of benzene rings is 1. The molecule has 0 saturated heterocycles. The molecule has 1 aliphatic rings. The van der Waals surface area contributed by atoms with Crippen LogP contribution in [0.2, 0.25) is 0 Å². The molecule has 0 bridgehead atoms. The monoisotopic (exact) mass is 306 g/mol. The van der Waals surface area contributed by atoms with Crippen LogP contribution in [0.25, 0.3) is 0 Å². The van der Waals surface area contributed by atoms with Gasteiger partial charge in [-0.1, -0.05) is 0 Å². The first-order chi connectivity index (χ1) is 10.3. The predicted molar refractivity (Wildman–Crippen MR) is 83.0 cm³/mol. The molecule has 6 heteroatoms. The molecule has 22 heavy (non-hydrogen) atoms. The molecule has 0 unspecified atom stereocenters. The van der Waals surface area contributed by atoms with Crippen molar-refractivity contribution in [2.75, 3.05) is 18.7 Å². The van der Waals surface area contributed by atoms with E-state index in [4.69, 9.17) is 9.47 Å². The maximum atomic E-state index is 12.0. The molecule has 2 amide bonds. The maximum absolute atomic E-state index is 12.0. The van der Waals surface area contributed by atoms with Gasteiger partial charge in [0.15, 0.2) is 11.5 Å². The van der Waals surface area contributed by atoms with Gasteiger partial charge in [0.2, 0.25) is 18.6 Å². The fourth-order valence-electron chi connectivity index (χ4n) is 2.38. The zero-order chi connectivity index (χ0) is 16.3. The van der Waals surface area contributed by atoms with Crippen molar-refractivity contribution in [2.24, 2.45) is 0 Å². The van der Waals surface area contributed by atoms with Gasteiger partial charge in [0.05, 0.1) is 0 Å². The fraction of sp³-hybridized carbons (Fsp3) is 0.500. The Bertz CT molecular complexity index is 578. The summed E-state index contributed by atoms with van der Waals surface area (Å²) in [7, 11) is 0. The topological polar surface area (TPSA) is 67.9 Å². The third kappa shape index (κ3) is 3.90. The number of anilines is 1. The Kier molecular flexibility index (Phi) is 4.59. The van der Waals surface area contributed by atoms with Crippen LogP contribution in [0.15, 0.2) is 18.2 Å². The predicted octanol–water partition coefficient (Wildman–Crippen LogP) is 2.39. The normalized spacial score (nSPS) is 12.9. The van der Waals surface area contributed by atoms with Gasteiger partial charge in [-0.25, -0.2) is 0 Å². The molecule has 1 aromatic rings. The van der Waals surface area contributed by atoms with Gasteiger partial charge >= 0.3 is 0 Å². The first-order valence-electron chi connectivity index (χ1n) is 7.25. The van der Waals surface area contributed by atoms with Gasteiger partial charge in [0.25, 0.3) is 0 Å². The summed E-state index contributed by atoms with van der Waals surface area (Å²) in [5, 5.41) is 2.80. The second-order valence-electron chi connectivity index (χ2n) is 6.21. The van der Waals surface area contributed by atoms with E-state index >= 15 is 0 Å². The summed E-state index contributed by atoms with van der Waals surface area (Å²) in [5.41, 5.74) is 0.351. The number of carbonyl (C=O) groups is 2. The zero-order valence-corrected chi connectivity index (χ0v) is 13.4. The van der Waals surface area contributed by atoms with Crippen molar-refractivity contribution in [3.63, 3.8) is 0 Å². The van der Waals surface area contributed by atoms with Gasteiger partial charge in [-0.15, -0.1) is 0 Å². The van der Waals surface area contributed by atoms with E-state index in [0.29, 0.717) is 23.7 Å². The number of ether oxygens (including phenoxy) is 2. The summed E-state index contributed by atoms with van der Waals surface area (Å²) in [4.78, 5) is 25.4. The number of nitrogens with one attached hydrogen (secondary N) is 1. The van der Waals surface area contributed by atoms with Crippen LogP contribution in [0.4, 0.5) is 5.69 Å². The van der Waals surface area contributed by atoms with Crippen LogP contribution in [0.1, 0.15) is 34.1 Å². The summed E-state index contributed by atoms with van der Waals surface area (Å²) in [6, 6.07) is 5.25. The van der Waals surface area contributed by atoms with E-state index in [1.54, 1.807) is 23.1 Å². The molecule has 2 rings (SSSR count). The number of amides is 2. The van der Waals surface area contributed by atoms with E-state index in [2.05, 4.69) is 5.32 Å². The second kappa shape index (κ2) is 6.25. The van der Waals surface area contributed by atoms with Crippen molar-refractivity contribution in [3.05, 3.63) is 18.2 Å². The van der Waals surface area contributed by atoms with Crippen molar-refractivity contribution in [1.29, 1.82) is 0 Å². The Morgan fingerprint density at radius 1 is 1.23 bits per heavy atom. The molecule has 1 aromatic carbocycles. The molecule has 0 radical (unpaired) electrons. The quantitative estimate of drug-likeness (QED) is 0.927. The number of fused-ring (bicyclic) bond motifs is 1. The lowest BCUT2D eigenvalue weighted by Crippen LogP contribution is -2.45. The number of nitrogens with zero attached hydrogens (tertiary/aromatic N) is 1. The highest BCUT2D eigenvalue weighted by Crippen LogP contribution is 2.34. The summed E-state index contributed by atoms with van der Waals surface area (Å²) in [5.74, 6) is 1.11. The molecule has 1 heterocycles. The third-order valence-electron chi connectivity index (χ3n) is 3.41. The van der Waals surface area contributed by atoms with Gasteiger partial charge in [-0.2, -0.15) is 0 Å². The number of rotatable bonds is 4. The lowest BCUT2D eigenvalue weighted by Gasteiger charge is -2.34. The smallest absolute Gasteiger partial charge is 0.231 e. The Hall–Kier alpha value is -2.24. The van der Waals surface area contributed by atoms with Crippen LogP contribution in [0, 0.1) is 0 Å². The Labute approximate surface area is 130 Å². The molecule has 0 spiro atoms. The minimum atomic E-state index is -0.301. The van der Waals surface area contributed by atoms with Crippen molar-refractivity contribution >= 4 is 17.5 Å². The molecule has 0 aromatic heterocycles. The minimum Gasteiger partial charge on any atom is -0.454 e. The van der Waals surface area contributed by atoms with E-state index < -0.39 is 0 Å². The van der Waals surface area contributed by atoms with Crippen LogP contribution in [0.3, 0.4) is 0 Å². The third-order valence-corrected chi connectivity index (χ3v) is 3.41. The highest BCUT2D eigenvalue weighted by molar-refractivity contribution is 5.91. The molecule has 1 aliphatic heterocycles. The van der Waals surface area contributed by atoms with Crippen molar-refractivity contribution in [2.45, 2.75) is 39.7 Å². The van der Waals surface area contributed by atoms with Crippen LogP contribution in [-0.4, -0.2) is 35.6 Å². The van der Waals surface area contributed by atoms with Gasteiger partial charge in [-0.05, 0) is 32.9 Å². The van der Waals surface area contributed by atoms with E-state index in [1.165, 1.54) is 6.92 Å². The van der Waals surface area contributed by atoms with Crippen LogP contribution in [-0.2, 0) is 9.59 Å². The van der Waals surface area contributed by atoms with Gasteiger partial charge < -0.3 is 19.7 Å². The second-order valence-corrected chi connectivity index (χ2v) is 6.21. The zero-order valence-electron chi connectivity index (χ0n) is 13.4. The standard InChI is InChI=1S/C16H22N2O4/c1-11(19)18(16(2,3)4)8-7-15(20)17-12-5-6-13-14(9-12)22-10-21-13/h5-6,9H,7-8,10H2,1-4H3,(H,17,20). The van der Waals surface area contributed by atoms with Crippen molar-refractivity contribution < 1.29 is 19.1 Å². The SMILES string of the molecule is CC(=O)N(CCC(=O)Nc1ccc2c(c1)OCO2)C(C)(C)C. The summed E-state index contributed by atoms with van der Waals surface area (Å²) < 4.78 is 10.5. The highest BCUT2D eigenvalue weighted by Gasteiger charge is 2.24. The van der Waals surface area contributed by atoms with E-state index in [-0.39, 0.29) is 30.6 Å². The van der Waals surface area contributed by atoms with Crippen LogP contribution in [0.5, 0.6) is 11.5 Å². The molecular weight excluding hydrogens is 284 g/mol. The van der Waals surface area contributed by atoms with Crippen LogP contribution < -0.4 is 14.8 Å². The lowest BCUT2D eigenvalue weighted by atomic mass is 10.1. The summed E-state index contributed by atoms with van der Waals surface area (Å²) in [6.07, 6.45) is 0.241. The first-order valence-corrected chi connectivity index (χ1v) is 7.25. The number of hydrogen-bond donors (Lipinski definition) is 1. The fourth-order valence-corrected chi connectivity index (χ4v) is 2.38. The molecule has 0 fully saturated rings. The highest BCUT2D eigenvalue weighted by atomic mass is 16.7. The molecule has 1 N–H and O–H groups in total. The summed E-state index contributed by atoms with van der Waals surface area (Å²) in [6.45, 7) is 7.94. The molecule has 0 atom stereocenters. The maximum Gasteiger partial charge on any atom is 0.231 e. The number of carbonyl (C=O) groups excluding carboxylic acids is 2. The van der Waals surface area contributed by atoms with Gasteiger partial charge in [0, 0.05) is 37.2 Å².